The summed E-state index contributed by atoms with van der Waals surface area (Å²) in [6, 6.07) is 7.32. The molecule has 2 aliphatic rings. The summed E-state index contributed by atoms with van der Waals surface area (Å²) in [6.07, 6.45) is 3.70. The molecule has 1 aromatic carbocycles. The minimum absolute atomic E-state index is 0.191. The monoisotopic (exact) mass is 297 g/mol. The van der Waals surface area contributed by atoms with Crippen LogP contribution in [0.4, 0.5) is 5.82 Å². The number of amides is 1. The molecule has 6 heteroatoms. The van der Waals surface area contributed by atoms with Crippen LogP contribution in [0.5, 0.6) is 11.5 Å². The topological polar surface area (TPSA) is 73.3 Å². The third-order valence-corrected chi connectivity index (χ3v) is 3.92. The van der Waals surface area contributed by atoms with Crippen molar-refractivity contribution in [2.75, 3.05) is 11.9 Å². The summed E-state index contributed by atoms with van der Waals surface area (Å²) in [6.45, 7) is 0.191. The van der Waals surface area contributed by atoms with E-state index in [9.17, 15) is 4.79 Å². The molecule has 0 unspecified atom stereocenters. The van der Waals surface area contributed by atoms with Crippen LogP contribution in [-0.4, -0.2) is 28.6 Å². The fourth-order valence-electron chi connectivity index (χ4n) is 2.81. The van der Waals surface area contributed by atoms with E-state index in [-0.39, 0.29) is 12.5 Å². The Morgan fingerprint density at radius 1 is 1.18 bits per heavy atom. The predicted octanol–water partition coefficient (Wildman–Crippen LogP) is 1.74. The number of nitrogens with one attached hydrogen (secondary N) is 1. The van der Waals surface area contributed by atoms with Gasteiger partial charge >= 0.3 is 0 Å². The van der Waals surface area contributed by atoms with E-state index in [1.54, 1.807) is 6.07 Å². The molecule has 2 aromatic rings. The largest absolute Gasteiger partial charge is 0.485 e. The predicted molar refractivity (Wildman–Crippen MR) is 79.0 cm³/mol. The number of nitrogens with zero attached hydrogens (tertiary/aromatic N) is 2. The van der Waals surface area contributed by atoms with Gasteiger partial charge in [0.15, 0.2) is 11.5 Å². The lowest BCUT2D eigenvalue weighted by molar-refractivity contribution is -0.125. The van der Waals surface area contributed by atoms with Crippen molar-refractivity contribution in [3.8, 4) is 11.5 Å². The van der Waals surface area contributed by atoms with Gasteiger partial charge < -0.3 is 14.8 Å². The number of fused-ring (bicyclic) bond motifs is 2. The summed E-state index contributed by atoms with van der Waals surface area (Å²) >= 11 is 0. The molecular weight excluding hydrogens is 282 g/mol. The molecule has 6 nitrogen and oxygen atoms in total. The minimum atomic E-state index is -0.679. The number of benzene rings is 1. The first-order valence-electron chi connectivity index (χ1n) is 7.33. The molecule has 0 spiro atoms. The van der Waals surface area contributed by atoms with Gasteiger partial charge in [0.1, 0.15) is 18.8 Å². The van der Waals surface area contributed by atoms with Crippen LogP contribution < -0.4 is 14.8 Å². The smallest absolute Gasteiger partial charge is 0.270 e. The molecule has 1 amide bonds. The van der Waals surface area contributed by atoms with Crippen LogP contribution in [0.1, 0.15) is 17.7 Å². The molecule has 0 fully saturated rings. The maximum atomic E-state index is 12.4. The summed E-state index contributed by atoms with van der Waals surface area (Å²) < 4.78 is 11.3. The summed E-state index contributed by atoms with van der Waals surface area (Å²) in [4.78, 5) is 20.8. The van der Waals surface area contributed by atoms with Gasteiger partial charge in [-0.05, 0) is 31.4 Å². The molecule has 2 heterocycles. The highest BCUT2D eigenvalue weighted by atomic mass is 16.6. The maximum absolute atomic E-state index is 12.4. The van der Waals surface area contributed by atoms with Crippen LogP contribution in [0, 0.1) is 0 Å². The van der Waals surface area contributed by atoms with Gasteiger partial charge in [0.25, 0.3) is 5.91 Å². The second-order valence-corrected chi connectivity index (χ2v) is 5.35. The van der Waals surface area contributed by atoms with E-state index < -0.39 is 6.10 Å². The van der Waals surface area contributed by atoms with E-state index in [2.05, 4.69) is 15.3 Å². The van der Waals surface area contributed by atoms with Crippen LogP contribution in [-0.2, 0) is 17.6 Å². The van der Waals surface area contributed by atoms with E-state index in [1.165, 1.54) is 6.33 Å². The average Bonchev–Trinajstić information content (AvgIpc) is 3.04. The first kappa shape index (κ1) is 13.1. The molecule has 1 atom stereocenters. The van der Waals surface area contributed by atoms with Gasteiger partial charge in [0.05, 0.1) is 0 Å². The highest BCUT2D eigenvalue weighted by Gasteiger charge is 2.28. The van der Waals surface area contributed by atoms with E-state index in [4.69, 9.17) is 9.47 Å². The van der Waals surface area contributed by atoms with Crippen molar-refractivity contribution in [3.63, 3.8) is 0 Å². The molecular formula is C16H15N3O3. The first-order valence-corrected chi connectivity index (χ1v) is 7.33. The normalized spacial score (nSPS) is 18.6. The van der Waals surface area contributed by atoms with E-state index in [1.807, 2.05) is 18.2 Å². The fraction of sp³-hybridized carbons (Fsp3) is 0.312. The van der Waals surface area contributed by atoms with Crippen LogP contribution in [0.15, 0.2) is 30.6 Å². The van der Waals surface area contributed by atoms with Crippen molar-refractivity contribution in [2.45, 2.75) is 25.4 Å². The number of aromatic nitrogens is 2. The number of aryl methyl sites for hydroxylation is 1. The fourth-order valence-corrected chi connectivity index (χ4v) is 2.81. The van der Waals surface area contributed by atoms with Gasteiger partial charge in [0, 0.05) is 11.3 Å². The quantitative estimate of drug-likeness (QED) is 0.914. The van der Waals surface area contributed by atoms with Crippen LogP contribution in [0.25, 0.3) is 0 Å². The molecule has 0 saturated carbocycles. The molecule has 4 rings (SSSR count). The minimum Gasteiger partial charge on any atom is -0.485 e. The molecule has 0 radical (unpaired) electrons. The third kappa shape index (κ3) is 2.26. The van der Waals surface area contributed by atoms with Crippen molar-refractivity contribution in [2.24, 2.45) is 0 Å². The molecule has 1 N–H and O–H groups in total. The number of hydrogen-bond acceptors (Lipinski definition) is 5. The Hall–Kier alpha value is -2.63. The highest BCUT2D eigenvalue weighted by Crippen LogP contribution is 2.31. The zero-order chi connectivity index (χ0) is 14.9. The lowest BCUT2D eigenvalue weighted by atomic mass is 10.2. The van der Waals surface area contributed by atoms with Gasteiger partial charge in [-0.15, -0.1) is 0 Å². The number of ether oxygens (including phenoxy) is 2. The Labute approximate surface area is 127 Å². The zero-order valence-corrected chi connectivity index (χ0v) is 11.9. The summed E-state index contributed by atoms with van der Waals surface area (Å²) in [5.74, 6) is 1.59. The molecule has 0 saturated heterocycles. The number of carbonyl (C=O) groups excluding carboxylic acids is 1. The number of carbonyl (C=O) groups is 1. The highest BCUT2D eigenvalue weighted by molar-refractivity contribution is 5.94. The van der Waals surface area contributed by atoms with E-state index >= 15 is 0 Å². The molecule has 1 aromatic heterocycles. The van der Waals surface area contributed by atoms with Crippen molar-refractivity contribution in [1.29, 1.82) is 0 Å². The van der Waals surface area contributed by atoms with E-state index in [0.717, 1.165) is 30.5 Å². The van der Waals surface area contributed by atoms with Crippen molar-refractivity contribution >= 4 is 11.7 Å². The van der Waals surface area contributed by atoms with Gasteiger partial charge in [0.2, 0.25) is 6.10 Å². The van der Waals surface area contributed by atoms with Crippen molar-refractivity contribution < 1.29 is 14.3 Å². The Morgan fingerprint density at radius 3 is 2.95 bits per heavy atom. The lowest BCUT2D eigenvalue weighted by Gasteiger charge is -2.25. The first-order chi connectivity index (χ1) is 10.8. The van der Waals surface area contributed by atoms with Gasteiger partial charge in [-0.1, -0.05) is 12.1 Å². The van der Waals surface area contributed by atoms with Crippen molar-refractivity contribution in [1.82, 2.24) is 9.97 Å². The molecule has 112 valence electrons. The van der Waals surface area contributed by atoms with Gasteiger partial charge in [-0.2, -0.15) is 0 Å². The second-order valence-electron chi connectivity index (χ2n) is 5.35. The zero-order valence-electron chi connectivity index (χ0n) is 11.9. The summed E-state index contributed by atoms with van der Waals surface area (Å²) in [5, 5.41) is 2.85. The molecule has 1 aliphatic carbocycles. The second kappa shape index (κ2) is 5.29. The Bertz CT molecular complexity index is 732. The number of rotatable bonds is 2. The molecule has 0 bridgehead atoms. The van der Waals surface area contributed by atoms with E-state index in [0.29, 0.717) is 17.3 Å². The van der Waals surface area contributed by atoms with Crippen LogP contribution >= 0.6 is 0 Å². The Balaban J connectivity index is 1.51. The van der Waals surface area contributed by atoms with Crippen LogP contribution in [0.2, 0.25) is 0 Å². The standard InChI is InChI=1S/C16H15N3O3/c20-16(14-8-21-12-6-1-2-7-13(12)22-14)19-15-10-4-3-5-11(10)17-9-18-15/h1-2,6-7,9,14H,3-5,8H2,(H,17,18,19,20)/t14-/m0/s1. The molecule has 22 heavy (non-hydrogen) atoms. The lowest BCUT2D eigenvalue weighted by Crippen LogP contribution is -2.40. The summed E-state index contributed by atoms with van der Waals surface area (Å²) in [7, 11) is 0. The van der Waals surface area contributed by atoms with Crippen molar-refractivity contribution in [3.05, 3.63) is 41.9 Å². The Morgan fingerprint density at radius 2 is 2.05 bits per heavy atom. The van der Waals surface area contributed by atoms with Crippen LogP contribution in [0.3, 0.4) is 0 Å². The number of hydrogen-bond donors (Lipinski definition) is 1. The Kier molecular flexibility index (Phi) is 3.14. The maximum Gasteiger partial charge on any atom is 0.270 e. The third-order valence-electron chi connectivity index (χ3n) is 3.92. The van der Waals surface area contributed by atoms with Gasteiger partial charge in [-0.25, -0.2) is 9.97 Å². The molecule has 1 aliphatic heterocycles. The summed E-state index contributed by atoms with van der Waals surface area (Å²) in [5.41, 5.74) is 2.06. The van der Waals surface area contributed by atoms with Gasteiger partial charge in [-0.3, -0.25) is 4.79 Å². The number of anilines is 1. The number of para-hydroxylation sites is 2. The average molecular weight is 297 g/mol. The SMILES string of the molecule is O=C(Nc1ncnc2c1CCC2)[C@@H]1COc2ccccc2O1.